The van der Waals surface area contributed by atoms with Crippen LogP contribution in [0.3, 0.4) is 0 Å². The van der Waals surface area contributed by atoms with Gasteiger partial charge in [-0.05, 0) is 44.0 Å². The van der Waals surface area contributed by atoms with E-state index in [0.29, 0.717) is 0 Å². The van der Waals surface area contributed by atoms with Gasteiger partial charge in [0.1, 0.15) is 0 Å². The number of nitrogens with zero attached hydrogens (tertiary/aromatic N) is 2. The first kappa shape index (κ1) is 14.3. The number of rotatable bonds is 1. The first-order valence-corrected chi connectivity index (χ1v) is 10.1. The molecule has 0 saturated carbocycles. The third-order valence-corrected chi connectivity index (χ3v) is 6.78. The van der Waals surface area contributed by atoms with Crippen LogP contribution in [0, 0.1) is 0 Å². The second-order valence-electron chi connectivity index (χ2n) is 4.84. The molecule has 3 rings (SSSR count). The van der Waals surface area contributed by atoms with Crippen molar-refractivity contribution in [2.24, 2.45) is 0 Å². The fourth-order valence-electron chi connectivity index (χ4n) is 2.32. The van der Waals surface area contributed by atoms with E-state index in [2.05, 4.69) is 53.8 Å². The second kappa shape index (κ2) is 7.43. The molecule has 2 saturated heterocycles. The van der Waals surface area contributed by atoms with E-state index in [1.165, 1.54) is 52.1 Å². The number of para-hydroxylation sites is 1. The van der Waals surface area contributed by atoms with Gasteiger partial charge >= 0.3 is 0 Å². The summed E-state index contributed by atoms with van der Waals surface area (Å²) in [5.74, 6) is 0. The molecule has 2 heterocycles. The normalized spacial score (nSPS) is 23.9. The maximum atomic E-state index is 2.43. The molecule has 0 amide bonds. The quantitative estimate of drug-likeness (QED) is 0.722. The zero-order valence-corrected chi connectivity index (χ0v) is 13.4. The molecular weight excluding hydrogens is 258 g/mol. The van der Waals surface area contributed by atoms with Crippen molar-refractivity contribution in [3.05, 3.63) is 30.3 Å². The Hall–Kier alpha value is -0.160. The van der Waals surface area contributed by atoms with Crippen molar-refractivity contribution in [3.8, 4) is 0 Å². The Balaban J connectivity index is 0.000000202. The van der Waals surface area contributed by atoms with Crippen molar-refractivity contribution in [1.29, 1.82) is 0 Å². The standard InChI is InChI=1S/C10H15N2P.C4H9P/c1-11-8-9-13(2)12(11)10-6-4-3-5-7-10;1-2-4-5-3-1/h3-7H,8-9H2,1-2H3;5H,1-4H2. The molecule has 2 aliphatic heterocycles. The van der Waals surface area contributed by atoms with E-state index in [9.17, 15) is 0 Å². The molecule has 1 aromatic rings. The van der Waals surface area contributed by atoms with Gasteiger partial charge in [0, 0.05) is 27.8 Å². The molecule has 0 bridgehead atoms. The van der Waals surface area contributed by atoms with E-state index >= 15 is 0 Å². The average molecular weight is 282 g/mol. The summed E-state index contributed by atoms with van der Waals surface area (Å²) in [7, 11) is 3.49. The zero-order valence-electron chi connectivity index (χ0n) is 11.5. The number of anilines is 1. The summed E-state index contributed by atoms with van der Waals surface area (Å²) in [4.78, 5) is 0. The van der Waals surface area contributed by atoms with Gasteiger partial charge in [0.05, 0.1) is 5.69 Å². The van der Waals surface area contributed by atoms with Crippen molar-refractivity contribution >= 4 is 22.3 Å². The van der Waals surface area contributed by atoms with Crippen molar-refractivity contribution in [3.63, 3.8) is 0 Å². The molecule has 0 aliphatic carbocycles. The molecule has 1 atom stereocenters. The minimum absolute atomic E-state index is 0.0152. The fraction of sp³-hybridized carbons (Fsp3) is 0.571. The first-order valence-electron chi connectivity index (χ1n) is 6.77. The molecule has 1 unspecified atom stereocenters. The Kier molecular flexibility index (Phi) is 5.89. The smallest absolute Gasteiger partial charge is 0.0562 e. The highest BCUT2D eigenvalue weighted by Crippen LogP contribution is 2.45. The van der Waals surface area contributed by atoms with Gasteiger partial charge in [-0.15, -0.1) is 8.58 Å². The molecule has 0 radical (unpaired) electrons. The van der Waals surface area contributed by atoms with Crippen molar-refractivity contribution < 1.29 is 0 Å². The molecular formula is C14H24N2P2. The van der Waals surface area contributed by atoms with Crippen LogP contribution in [-0.4, -0.2) is 43.8 Å². The number of hydrogen-bond acceptors (Lipinski definition) is 2. The summed E-state index contributed by atoms with van der Waals surface area (Å²) >= 11 is 0. The highest BCUT2D eigenvalue weighted by atomic mass is 31.1. The summed E-state index contributed by atoms with van der Waals surface area (Å²) in [6, 6.07) is 10.6. The summed E-state index contributed by atoms with van der Waals surface area (Å²) in [6.45, 7) is 3.53. The predicted molar refractivity (Wildman–Crippen MR) is 86.5 cm³/mol. The first-order chi connectivity index (χ1) is 8.79. The van der Waals surface area contributed by atoms with Crippen LogP contribution < -0.4 is 4.78 Å². The lowest BCUT2D eigenvalue weighted by Crippen LogP contribution is -2.29. The maximum absolute atomic E-state index is 2.43. The van der Waals surface area contributed by atoms with Gasteiger partial charge in [0.2, 0.25) is 0 Å². The number of benzene rings is 1. The van der Waals surface area contributed by atoms with Gasteiger partial charge in [0.25, 0.3) is 0 Å². The van der Waals surface area contributed by atoms with Crippen LogP contribution in [0.25, 0.3) is 0 Å². The molecule has 0 N–H and O–H groups in total. The number of hydrogen-bond donors (Lipinski definition) is 0. The molecule has 2 aliphatic rings. The van der Waals surface area contributed by atoms with Crippen molar-refractivity contribution in [2.75, 3.05) is 43.5 Å². The van der Waals surface area contributed by atoms with Gasteiger partial charge < -0.3 is 0 Å². The number of hydrazine groups is 1. The maximum Gasteiger partial charge on any atom is 0.0562 e. The van der Waals surface area contributed by atoms with E-state index in [1.807, 2.05) is 0 Å². The molecule has 0 spiro atoms. The Bertz CT molecular complexity index is 323. The predicted octanol–water partition coefficient (Wildman–Crippen LogP) is 3.84. The Labute approximate surface area is 114 Å². The molecule has 1 aromatic carbocycles. The van der Waals surface area contributed by atoms with Gasteiger partial charge in [-0.2, -0.15) is 0 Å². The largest absolute Gasteiger partial charge is 0.286 e. The van der Waals surface area contributed by atoms with Crippen LogP contribution in [0.2, 0.25) is 0 Å². The molecule has 18 heavy (non-hydrogen) atoms. The van der Waals surface area contributed by atoms with Crippen LogP contribution in [0.4, 0.5) is 5.69 Å². The van der Waals surface area contributed by atoms with Crippen LogP contribution >= 0.6 is 16.7 Å². The summed E-state index contributed by atoms with van der Waals surface area (Å²) < 4.78 is 2.43. The SMILES string of the molecule is C1CCPC1.CN1CCP(C)N1c1ccccc1. The molecule has 2 nitrogen and oxygen atoms in total. The van der Waals surface area contributed by atoms with Crippen LogP contribution in [0.5, 0.6) is 0 Å². The van der Waals surface area contributed by atoms with Gasteiger partial charge in [0.15, 0.2) is 0 Å². The van der Waals surface area contributed by atoms with Crippen LogP contribution in [-0.2, 0) is 0 Å². The summed E-state index contributed by atoms with van der Waals surface area (Å²) in [5.41, 5.74) is 1.33. The topological polar surface area (TPSA) is 6.48 Å². The lowest BCUT2D eigenvalue weighted by atomic mass is 10.3. The fourth-order valence-corrected chi connectivity index (χ4v) is 5.48. The van der Waals surface area contributed by atoms with Crippen molar-refractivity contribution in [1.82, 2.24) is 5.01 Å². The second-order valence-corrected chi connectivity index (χ2v) is 8.49. The van der Waals surface area contributed by atoms with E-state index in [1.54, 1.807) is 0 Å². The van der Waals surface area contributed by atoms with Crippen molar-refractivity contribution in [2.45, 2.75) is 12.8 Å². The third kappa shape index (κ3) is 3.92. The van der Waals surface area contributed by atoms with E-state index < -0.39 is 0 Å². The lowest BCUT2D eigenvalue weighted by molar-refractivity contribution is 0.405. The zero-order chi connectivity index (χ0) is 12.8. The van der Waals surface area contributed by atoms with E-state index in [4.69, 9.17) is 0 Å². The minimum Gasteiger partial charge on any atom is -0.286 e. The monoisotopic (exact) mass is 282 g/mol. The highest BCUT2D eigenvalue weighted by molar-refractivity contribution is 7.58. The Morgan fingerprint density at radius 3 is 2.22 bits per heavy atom. The molecule has 2 fully saturated rings. The third-order valence-electron chi connectivity index (χ3n) is 3.34. The molecule has 0 aromatic heterocycles. The average Bonchev–Trinajstić information content (AvgIpc) is 3.05. The highest BCUT2D eigenvalue weighted by Gasteiger charge is 2.25. The summed E-state index contributed by atoms with van der Waals surface area (Å²) in [6.07, 6.45) is 7.40. The Morgan fingerprint density at radius 1 is 1.11 bits per heavy atom. The lowest BCUT2D eigenvalue weighted by Gasteiger charge is -2.29. The van der Waals surface area contributed by atoms with Gasteiger partial charge in [-0.3, -0.25) is 4.78 Å². The Morgan fingerprint density at radius 2 is 1.78 bits per heavy atom. The molecule has 4 heteroatoms. The van der Waals surface area contributed by atoms with Crippen LogP contribution in [0.1, 0.15) is 12.8 Å². The summed E-state index contributed by atoms with van der Waals surface area (Å²) in [5, 5.41) is 2.32. The van der Waals surface area contributed by atoms with E-state index in [-0.39, 0.29) is 8.07 Å². The molecule has 100 valence electrons. The van der Waals surface area contributed by atoms with Gasteiger partial charge in [-0.25, -0.2) is 5.01 Å². The van der Waals surface area contributed by atoms with Crippen LogP contribution in [0.15, 0.2) is 30.3 Å². The minimum atomic E-state index is 0.0152. The van der Waals surface area contributed by atoms with Gasteiger partial charge in [-0.1, -0.05) is 18.2 Å². The van der Waals surface area contributed by atoms with E-state index in [0.717, 1.165) is 0 Å².